The third kappa shape index (κ3) is 6.04. The normalized spacial score (nSPS) is 14.0. The summed E-state index contributed by atoms with van der Waals surface area (Å²) in [7, 11) is -3.80. The lowest BCUT2D eigenvalue weighted by atomic mass is 10.1. The van der Waals surface area contributed by atoms with Crippen molar-refractivity contribution in [2.24, 2.45) is 0 Å². The Labute approximate surface area is 170 Å². The molecule has 0 fully saturated rings. The van der Waals surface area contributed by atoms with Crippen LogP contribution in [0.5, 0.6) is 0 Å². The van der Waals surface area contributed by atoms with E-state index in [1.165, 1.54) is 24.3 Å². The van der Waals surface area contributed by atoms with Gasteiger partial charge in [0.25, 0.3) is 5.91 Å². The van der Waals surface area contributed by atoms with Gasteiger partial charge in [-0.3, -0.25) is 4.79 Å². The second-order valence-corrected chi connectivity index (χ2v) is 8.45. The fraction of sp³-hybridized carbons (Fsp3) is 0.263. The van der Waals surface area contributed by atoms with Gasteiger partial charge in [0.05, 0.1) is 16.2 Å². The molecule has 0 radical (unpaired) electrons. The molecule has 162 valence electrons. The van der Waals surface area contributed by atoms with Gasteiger partial charge in [0.1, 0.15) is 6.04 Å². The SMILES string of the molecule is O=C(N[C@H](CCS(=O)(=O)c1ccccc1)C(=O)O)[C@@H](O)c1ccc(C(F)(F)F)cc1. The number of benzene rings is 2. The number of sulfone groups is 1. The van der Waals surface area contributed by atoms with Crippen molar-refractivity contribution in [2.45, 2.75) is 29.6 Å². The van der Waals surface area contributed by atoms with Crippen LogP contribution < -0.4 is 5.32 Å². The van der Waals surface area contributed by atoms with E-state index in [0.717, 1.165) is 12.1 Å². The summed E-state index contributed by atoms with van der Waals surface area (Å²) in [5.74, 6) is -3.28. The van der Waals surface area contributed by atoms with Gasteiger partial charge in [-0.05, 0) is 36.2 Å². The van der Waals surface area contributed by atoms with Crippen LogP contribution in [0.1, 0.15) is 23.7 Å². The molecule has 2 atom stereocenters. The van der Waals surface area contributed by atoms with Crippen molar-refractivity contribution in [1.82, 2.24) is 5.32 Å². The van der Waals surface area contributed by atoms with Crippen molar-refractivity contribution in [2.75, 3.05) is 5.75 Å². The van der Waals surface area contributed by atoms with Crippen LogP contribution in [0.25, 0.3) is 0 Å². The largest absolute Gasteiger partial charge is 0.480 e. The summed E-state index contributed by atoms with van der Waals surface area (Å²) in [4.78, 5) is 23.5. The molecule has 1 amide bonds. The molecule has 0 aromatic heterocycles. The van der Waals surface area contributed by atoms with Crippen LogP contribution in [0.15, 0.2) is 59.5 Å². The molecule has 3 N–H and O–H groups in total. The lowest BCUT2D eigenvalue weighted by molar-refractivity contribution is -0.143. The molecular formula is C19H18F3NO6S. The predicted octanol–water partition coefficient (Wildman–Crippen LogP) is 2.17. The number of amides is 1. The predicted molar refractivity (Wildman–Crippen MR) is 99.1 cm³/mol. The monoisotopic (exact) mass is 445 g/mol. The summed E-state index contributed by atoms with van der Waals surface area (Å²) in [6.45, 7) is 0. The number of aliphatic carboxylic acids is 1. The molecule has 0 spiro atoms. The van der Waals surface area contributed by atoms with Gasteiger partial charge >= 0.3 is 12.1 Å². The molecule has 0 aliphatic rings. The molecule has 0 saturated heterocycles. The Bertz CT molecular complexity index is 991. The Morgan fingerprint density at radius 1 is 1.00 bits per heavy atom. The lowest BCUT2D eigenvalue weighted by Crippen LogP contribution is -2.44. The number of aliphatic hydroxyl groups is 1. The molecule has 2 rings (SSSR count). The third-order valence-corrected chi connectivity index (χ3v) is 5.96. The number of carboxylic acid groups (broad SMARTS) is 1. The van der Waals surface area contributed by atoms with E-state index < -0.39 is 57.8 Å². The zero-order valence-electron chi connectivity index (χ0n) is 15.3. The maximum Gasteiger partial charge on any atom is 0.416 e. The van der Waals surface area contributed by atoms with Crippen molar-refractivity contribution in [3.63, 3.8) is 0 Å². The molecular weight excluding hydrogens is 427 g/mol. The number of carbonyl (C=O) groups is 2. The maximum absolute atomic E-state index is 12.6. The second-order valence-electron chi connectivity index (χ2n) is 6.34. The summed E-state index contributed by atoms with van der Waals surface area (Å²) in [5, 5.41) is 21.3. The fourth-order valence-corrected chi connectivity index (χ4v) is 3.89. The number of halogens is 3. The minimum absolute atomic E-state index is 0.00902. The van der Waals surface area contributed by atoms with Crippen LogP contribution in [0.2, 0.25) is 0 Å². The van der Waals surface area contributed by atoms with E-state index >= 15 is 0 Å². The van der Waals surface area contributed by atoms with E-state index in [2.05, 4.69) is 0 Å². The van der Waals surface area contributed by atoms with E-state index in [-0.39, 0.29) is 10.5 Å². The van der Waals surface area contributed by atoms with Crippen LogP contribution in [0, 0.1) is 0 Å². The smallest absolute Gasteiger partial charge is 0.416 e. The molecule has 0 saturated carbocycles. The molecule has 7 nitrogen and oxygen atoms in total. The molecule has 2 aromatic rings. The van der Waals surface area contributed by atoms with Crippen molar-refractivity contribution in [3.05, 3.63) is 65.7 Å². The van der Waals surface area contributed by atoms with Crippen molar-refractivity contribution in [3.8, 4) is 0 Å². The molecule has 0 aliphatic heterocycles. The van der Waals surface area contributed by atoms with E-state index in [1.807, 2.05) is 5.32 Å². The molecule has 2 aromatic carbocycles. The minimum atomic E-state index is -4.59. The van der Waals surface area contributed by atoms with Crippen molar-refractivity contribution >= 4 is 21.7 Å². The van der Waals surface area contributed by atoms with E-state index in [4.69, 9.17) is 0 Å². The first-order valence-corrected chi connectivity index (χ1v) is 10.2. The first-order chi connectivity index (χ1) is 13.9. The Hall–Kier alpha value is -2.92. The molecule has 0 bridgehead atoms. The van der Waals surface area contributed by atoms with E-state index in [0.29, 0.717) is 12.1 Å². The van der Waals surface area contributed by atoms with Gasteiger partial charge in [-0.2, -0.15) is 13.2 Å². The average Bonchev–Trinajstić information content (AvgIpc) is 2.70. The van der Waals surface area contributed by atoms with Gasteiger partial charge < -0.3 is 15.5 Å². The highest BCUT2D eigenvalue weighted by Crippen LogP contribution is 2.30. The highest BCUT2D eigenvalue weighted by molar-refractivity contribution is 7.91. The van der Waals surface area contributed by atoms with E-state index in [9.17, 15) is 41.4 Å². The Morgan fingerprint density at radius 3 is 2.07 bits per heavy atom. The second kappa shape index (κ2) is 9.26. The van der Waals surface area contributed by atoms with Gasteiger partial charge in [-0.15, -0.1) is 0 Å². The number of hydrogen-bond acceptors (Lipinski definition) is 5. The summed E-state index contributed by atoms with van der Waals surface area (Å²) >= 11 is 0. The summed E-state index contributed by atoms with van der Waals surface area (Å²) in [5.41, 5.74) is -1.16. The number of alkyl halides is 3. The van der Waals surface area contributed by atoms with Crippen LogP contribution in [0.3, 0.4) is 0 Å². The summed E-state index contributed by atoms with van der Waals surface area (Å²) < 4.78 is 62.3. The lowest BCUT2D eigenvalue weighted by Gasteiger charge is -2.18. The number of nitrogens with one attached hydrogen (secondary N) is 1. The first kappa shape index (κ1) is 23.4. The number of hydrogen-bond donors (Lipinski definition) is 3. The Morgan fingerprint density at radius 2 is 1.57 bits per heavy atom. The van der Waals surface area contributed by atoms with Crippen LogP contribution >= 0.6 is 0 Å². The van der Waals surface area contributed by atoms with Crippen LogP contribution in [0.4, 0.5) is 13.2 Å². The number of aliphatic hydroxyl groups excluding tert-OH is 1. The summed E-state index contributed by atoms with van der Waals surface area (Å²) in [6, 6.07) is 8.82. The van der Waals surface area contributed by atoms with Crippen LogP contribution in [-0.2, 0) is 25.6 Å². The standard InChI is InChI=1S/C19H18F3NO6S/c20-19(21,22)13-8-6-12(7-9-13)16(24)17(25)23-15(18(26)27)10-11-30(28,29)14-4-2-1-3-5-14/h1-9,15-16,24H,10-11H2,(H,23,25)(H,26,27)/t15-,16+/m1/s1. The zero-order chi connectivity index (χ0) is 22.5. The van der Waals surface area contributed by atoms with E-state index in [1.54, 1.807) is 6.07 Å². The van der Waals surface area contributed by atoms with Gasteiger partial charge in [-0.25, -0.2) is 13.2 Å². The molecule has 0 heterocycles. The van der Waals surface area contributed by atoms with Gasteiger partial charge in [0.2, 0.25) is 0 Å². The molecule has 30 heavy (non-hydrogen) atoms. The molecule has 0 aliphatic carbocycles. The number of carbonyl (C=O) groups excluding carboxylic acids is 1. The zero-order valence-corrected chi connectivity index (χ0v) is 16.2. The maximum atomic E-state index is 12.6. The topological polar surface area (TPSA) is 121 Å². The van der Waals surface area contributed by atoms with Crippen LogP contribution in [-0.4, -0.2) is 42.3 Å². The number of carboxylic acids is 1. The Balaban J connectivity index is 2.05. The first-order valence-electron chi connectivity index (χ1n) is 8.58. The number of rotatable bonds is 8. The van der Waals surface area contributed by atoms with Crippen molar-refractivity contribution < 1.29 is 41.4 Å². The van der Waals surface area contributed by atoms with Gasteiger partial charge in [0, 0.05) is 0 Å². The third-order valence-electron chi connectivity index (χ3n) is 4.19. The minimum Gasteiger partial charge on any atom is -0.480 e. The fourth-order valence-electron chi connectivity index (χ4n) is 2.53. The summed E-state index contributed by atoms with van der Waals surface area (Å²) in [6.07, 6.45) is -7.00. The molecule has 0 unspecified atom stereocenters. The highest BCUT2D eigenvalue weighted by Gasteiger charge is 2.31. The quantitative estimate of drug-likeness (QED) is 0.573. The Kier molecular flexibility index (Phi) is 7.21. The van der Waals surface area contributed by atoms with Gasteiger partial charge in [-0.1, -0.05) is 30.3 Å². The van der Waals surface area contributed by atoms with Gasteiger partial charge in [0.15, 0.2) is 15.9 Å². The van der Waals surface area contributed by atoms with Crippen molar-refractivity contribution in [1.29, 1.82) is 0 Å². The molecule has 11 heteroatoms. The highest BCUT2D eigenvalue weighted by atomic mass is 32.2. The average molecular weight is 445 g/mol.